The van der Waals surface area contributed by atoms with Gasteiger partial charge in [0.25, 0.3) is 0 Å². The zero-order valence-corrected chi connectivity index (χ0v) is 21.7. The molecule has 0 aromatic heterocycles. The summed E-state index contributed by atoms with van der Waals surface area (Å²) in [4.78, 5) is 45.0. The minimum absolute atomic E-state index is 0. The molecule has 2 aromatic carbocycles. The summed E-state index contributed by atoms with van der Waals surface area (Å²) in [5.74, 6) is 0.0265. The number of para-hydroxylation sites is 1. The van der Waals surface area contributed by atoms with Crippen LogP contribution in [0, 0.1) is 69.6 Å². The predicted octanol–water partition coefficient (Wildman–Crippen LogP) is 4.21. The molecule has 2 saturated heterocycles. The molecular weight excluding hydrogens is 516 g/mol. The van der Waals surface area contributed by atoms with Gasteiger partial charge in [0.1, 0.15) is 5.41 Å². The number of nitrogens with one attached hydrogen (secondary N) is 1. The van der Waals surface area contributed by atoms with Crippen LogP contribution in [0.1, 0.15) is 39.1 Å². The van der Waals surface area contributed by atoms with Crippen LogP contribution in [0.5, 0.6) is 0 Å². The third-order valence-corrected chi connectivity index (χ3v) is 8.79. The normalized spacial score (nSPS) is 30.7. The van der Waals surface area contributed by atoms with E-state index in [0.717, 1.165) is 24.3 Å². The van der Waals surface area contributed by atoms with Gasteiger partial charge >= 0.3 is 17.1 Å². The maximum atomic E-state index is 14.4. The number of carbonyl (C=O) groups is 3. The van der Waals surface area contributed by atoms with Gasteiger partial charge in [0.15, 0.2) is 17.1 Å². The average molecular weight is 542 g/mol. The number of ketones is 2. The number of fused-ring (bicyclic) bond motifs is 6. The summed E-state index contributed by atoms with van der Waals surface area (Å²) in [5, 5.41) is 3.06. The van der Waals surface area contributed by atoms with Crippen LogP contribution in [-0.2, 0) is 27.3 Å². The fourth-order valence-corrected chi connectivity index (χ4v) is 7.62. The van der Waals surface area contributed by atoms with Crippen molar-refractivity contribution in [2.75, 3.05) is 11.9 Å². The molecule has 10 radical (unpaired) electrons. The number of nitrogens with zero attached hydrogens (tertiary/aromatic N) is 1. The molecule has 3 aliphatic carbocycles. The topological polar surface area (TPSA) is 66.5 Å². The van der Waals surface area contributed by atoms with E-state index in [-0.39, 0.29) is 46.5 Å². The Labute approximate surface area is 235 Å². The van der Waals surface area contributed by atoms with Crippen molar-refractivity contribution >= 4 is 23.2 Å². The van der Waals surface area contributed by atoms with Gasteiger partial charge in [0.05, 0.1) is 0 Å². The Hall–Kier alpha value is -2.27. The largest absolute Gasteiger partial charge is 2.00 e. The van der Waals surface area contributed by atoms with Crippen LogP contribution in [0.2, 0.25) is 0 Å². The fraction of sp³-hybridized carbons (Fsp3) is 0.219. The second-order valence-electron chi connectivity index (χ2n) is 10.3. The molecule has 2 aromatic rings. The molecule has 2 spiro atoms. The van der Waals surface area contributed by atoms with Gasteiger partial charge in [-0.15, -0.1) is 0 Å². The summed E-state index contributed by atoms with van der Waals surface area (Å²) in [7, 11) is 0. The van der Waals surface area contributed by atoms with E-state index in [1.807, 2.05) is 82.1 Å². The summed E-state index contributed by atoms with van der Waals surface area (Å²) < 4.78 is 0. The number of rotatable bonds is 1. The number of Topliss-reactive ketones (excluding diaryl/α,β-unsaturated/α-hetero) is 2. The van der Waals surface area contributed by atoms with Gasteiger partial charge < -0.3 is 5.32 Å². The van der Waals surface area contributed by atoms with Crippen LogP contribution in [0.4, 0.5) is 5.69 Å². The molecule has 1 amide bonds. The number of carbonyl (C=O) groups excluding carboxylic acids is 3. The Morgan fingerprint density at radius 2 is 1.34 bits per heavy atom. The first-order valence-electron chi connectivity index (χ1n) is 12.9. The molecule has 3 heterocycles. The first-order valence-corrected chi connectivity index (χ1v) is 12.9. The van der Waals surface area contributed by atoms with E-state index in [2.05, 4.69) is 10.2 Å². The molecule has 1 N–H and O–H groups in total. The molecule has 2 saturated carbocycles. The van der Waals surface area contributed by atoms with Crippen molar-refractivity contribution in [3.05, 3.63) is 129 Å². The molecule has 38 heavy (non-hydrogen) atoms. The molecule has 188 valence electrons. The molecule has 5 nitrogen and oxygen atoms in total. The molecule has 3 aliphatic heterocycles. The fourth-order valence-electron chi connectivity index (χ4n) is 7.62. The first-order chi connectivity index (χ1) is 18.1. The van der Waals surface area contributed by atoms with E-state index in [1.54, 1.807) is 24.3 Å². The second kappa shape index (κ2) is 9.73. The molecule has 0 unspecified atom stereocenters. The van der Waals surface area contributed by atoms with E-state index < -0.39 is 11.0 Å². The predicted molar refractivity (Wildman–Crippen MR) is 140 cm³/mol. The third-order valence-electron chi connectivity index (χ3n) is 8.79. The molecular formula is C32H26FeN2O3+2. The van der Waals surface area contributed by atoms with Crippen LogP contribution in [0.15, 0.2) is 48.5 Å². The van der Waals surface area contributed by atoms with Crippen LogP contribution >= 0.6 is 0 Å². The number of hydrogen-bond donors (Lipinski definition) is 1. The van der Waals surface area contributed by atoms with Gasteiger partial charge in [-0.2, -0.15) is 0 Å². The monoisotopic (exact) mass is 542 g/mol. The second-order valence-corrected chi connectivity index (χ2v) is 10.3. The SMILES string of the molecule is O=C1c2ccccc2C(=O)C12N1CCC[C@@H]1[C@@H]([C]1[CH][CH][CH][CH]1)[C@]21C(=O)Nc2ccccc21.[CH]1[CH][CH][CH][CH]1.[Fe+2]. The quantitative estimate of drug-likeness (QED) is 0.433. The van der Waals surface area contributed by atoms with Crippen molar-refractivity contribution in [1.82, 2.24) is 4.90 Å². The molecule has 6 aliphatic rings. The number of hydrogen-bond acceptors (Lipinski definition) is 4. The van der Waals surface area contributed by atoms with Crippen LogP contribution < -0.4 is 5.32 Å². The molecule has 4 fully saturated rings. The van der Waals surface area contributed by atoms with Crippen molar-refractivity contribution < 1.29 is 31.5 Å². The van der Waals surface area contributed by atoms with Crippen molar-refractivity contribution in [3.8, 4) is 0 Å². The van der Waals surface area contributed by atoms with E-state index >= 15 is 0 Å². The Balaban J connectivity index is 0.000000398. The Morgan fingerprint density at radius 3 is 1.97 bits per heavy atom. The molecule has 0 bridgehead atoms. The van der Waals surface area contributed by atoms with Crippen molar-refractivity contribution in [3.63, 3.8) is 0 Å². The summed E-state index contributed by atoms with van der Waals surface area (Å²) in [6.07, 6.45) is 19.8. The summed E-state index contributed by atoms with van der Waals surface area (Å²) in [6, 6.07) is 14.6. The number of amides is 1. The van der Waals surface area contributed by atoms with E-state index in [0.29, 0.717) is 23.4 Å². The molecule has 8 rings (SSSR count). The van der Waals surface area contributed by atoms with Gasteiger partial charge in [-0.3, -0.25) is 19.3 Å². The zero-order chi connectivity index (χ0) is 25.2. The van der Waals surface area contributed by atoms with Crippen LogP contribution in [-0.4, -0.2) is 40.5 Å². The summed E-state index contributed by atoms with van der Waals surface area (Å²) in [5.41, 5.74) is -0.538. The van der Waals surface area contributed by atoms with Crippen LogP contribution in [0.3, 0.4) is 0 Å². The maximum Gasteiger partial charge on any atom is 2.00 e. The standard InChI is InChI=1S/C27H21N2O3.C5H5.Fe/c30-23-17-10-3-4-11-18(17)24(31)27(23)26(19-12-5-6-13-20(19)28-25(26)32)22(16-8-1-2-9-16)21-14-7-15-29(21)27;1-2-4-5-3-1;/h1-6,8-13,21-22H,7,14-15H2,(H,28,32);1-5H;/q;;+2/t21-,22-,26-;;/m1../s1. The van der Waals surface area contributed by atoms with E-state index in [4.69, 9.17) is 0 Å². The van der Waals surface area contributed by atoms with E-state index in [1.165, 1.54) is 0 Å². The van der Waals surface area contributed by atoms with Gasteiger partial charge in [0.2, 0.25) is 5.91 Å². The van der Waals surface area contributed by atoms with Gasteiger partial charge in [-0.05, 0) is 94.7 Å². The summed E-state index contributed by atoms with van der Waals surface area (Å²) in [6.45, 7) is 0.630. The van der Waals surface area contributed by atoms with Crippen molar-refractivity contribution in [1.29, 1.82) is 0 Å². The van der Waals surface area contributed by atoms with Gasteiger partial charge in [0, 0.05) is 28.8 Å². The average Bonchev–Trinajstić information content (AvgIpc) is 3.76. The maximum absolute atomic E-state index is 14.4. The van der Waals surface area contributed by atoms with Gasteiger partial charge in [-0.25, -0.2) is 0 Å². The van der Waals surface area contributed by atoms with Gasteiger partial charge in [-0.1, -0.05) is 42.5 Å². The number of anilines is 1. The van der Waals surface area contributed by atoms with Crippen molar-refractivity contribution in [2.45, 2.75) is 29.8 Å². The Bertz CT molecular complexity index is 1240. The molecule has 3 atom stereocenters. The number of benzene rings is 2. The molecule has 6 heteroatoms. The minimum atomic E-state index is -1.56. The van der Waals surface area contributed by atoms with E-state index in [9.17, 15) is 14.4 Å². The van der Waals surface area contributed by atoms with Crippen LogP contribution in [0.25, 0.3) is 0 Å². The zero-order valence-electron chi connectivity index (χ0n) is 20.6. The summed E-state index contributed by atoms with van der Waals surface area (Å²) >= 11 is 0. The Kier molecular flexibility index (Phi) is 6.65. The Morgan fingerprint density at radius 1 is 0.763 bits per heavy atom. The third kappa shape index (κ3) is 3.17. The first kappa shape index (κ1) is 26.0. The minimum Gasteiger partial charge on any atom is -0.325 e. The smallest absolute Gasteiger partial charge is 0.325 e. The van der Waals surface area contributed by atoms with Crippen molar-refractivity contribution in [2.24, 2.45) is 5.92 Å².